The molecule has 0 N–H and O–H groups in total. The van der Waals surface area contributed by atoms with Crippen LogP contribution in [0.5, 0.6) is 0 Å². The summed E-state index contributed by atoms with van der Waals surface area (Å²) < 4.78 is 0. The van der Waals surface area contributed by atoms with Crippen LogP contribution < -0.4 is 0 Å². The quantitative estimate of drug-likeness (QED) is 0.268. The van der Waals surface area contributed by atoms with E-state index in [2.05, 4.69) is 63.0 Å². The van der Waals surface area contributed by atoms with Crippen molar-refractivity contribution in [2.24, 2.45) is 47.3 Å². The van der Waals surface area contributed by atoms with Gasteiger partial charge in [-0.15, -0.1) is 6.58 Å². The van der Waals surface area contributed by atoms with Crippen LogP contribution in [0.25, 0.3) is 0 Å². The van der Waals surface area contributed by atoms with E-state index >= 15 is 0 Å². The molecule has 9 atom stereocenters. The van der Waals surface area contributed by atoms with Crippen molar-refractivity contribution in [1.82, 2.24) is 0 Å². The maximum Gasteiger partial charge on any atom is 0.0545 e. The van der Waals surface area contributed by atoms with Gasteiger partial charge in [-0.1, -0.05) is 101 Å². The highest BCUT2D eigenvalue weighted by atomic mass is 28.3. The number of hydrogen-bond donors (Lipinski definition) is 0. The maximum absolute atomic E-state index is 4.22. The van der Waals surface area contributed by atoms with Gasteiger partial charge in [-0.05, 0) is 108 Å². The second kappa shape index (κ2) is 10.1. The van der Waals surface area contributed by atoms with Crippen molar-refractivity contribution in [3.63, 3.8) is 0 Å². The minimum atomic E-state index is -1.33. The normalized spacial score (nSPS) is 42.1. The maximum atomic E-state index is 4.22. The lowest BCUT2D eigenvalue weighted by molar-refractivity contribution is 0.0478. The van der Waals surface area contributed by atoms with Gasteiger partial charge in [0, 0.05) is 0 Å². The molecule has 36 heavy (non-hydrogen) atoms. The Morgan fingerprint density at radius 2 is 1.25 bits per heavy atom. The van der Waals surface area contributed by atoms with Crippen LogP contribution in [0, 0.1) is 47.3 Å². The van der Waals surface area contributed by atoms with Crippen LogP contribution in [-0.2, 0) is 5.41 Å². The number of benzene rings is 1. The Kier molecular flexibility index (Phi) is 7.11. The smallest absolute Gasteiger partial charge is 0.0545 e. The summed E-state index contributed by atoms with van der Waals surface area (Å²) >= 11 is 0. The van der Waals surface area contributed by atoms with Crippen molar-refractivity contribution in [2.75, 3.05) is 0 Å². The number of allylic oxidation sites excluding steroid dienone is 1. The van der Waals surface area contributed by atoms with Crippen LogP contribution >= 0.6 is 0 Å². The Morgan fingerprint density at radius 3 is 1.81 bits per heavy atom. The summed E-state index contributed by atoms with van der Waals surface area (Å²) in [6.07, 6.45) is 22.0. The van der Waals surface area contributed by atoms with Crippen LogP contribution in [0.3, 0.4) is 0 Å². The third-order valence-corrected chi connectivity index (χ3v) is 17.2. The fraction of sp³-hybridized carbons (Fsp3) is 0.771. The summed E-state index contributed by atoms with van der Waals surface area (Å²) in [7, 11) is -1.33. The van der Waals surface area contributed by atoms with Gasteiger partial charge in [-0.3, -0.25) is 0 Å². The average Bonchev–Trinajstić information content (AvgIpc) is 3.47. The van der Waals surface area contributed by atoms with E-state index in [1.807, 2.05) is 0 Å². The highest BCUT2D eigenvalue weighted by Crippen LogP contribution is 2.69. The molecule has 0 nitrogen and oxygen atoms in total. The van der Waals surface area contributed by atoms with Crippen molar-refractivity contribution in [3.05, 3.63) is 48.6 Å². The lowest BCUT2D eigenvalue weighted by Gasteiger charge is -2.51. The van der Waals surface area contributed by atoms with Gasteiger partial charge in [0.1, 0.15) is 0 Å². The zero-order valence-electron chi connectivity index (χ0n) is 23.8. The first-order valence-electron chi connectivity index (χ1n) is 16.1. The van der Waals surface area contributed by atoms with Gasteiger partial charge in [0.05, 0.1) is 8.07 Å². The molecule has 0 aliphatic heterocycles. The van der Waals surface area contributed by atoms with E-state index in [1.165, 1.54) is 76.7 Å². The molecule has 5 aliphatic carbocycles. The molecule has 198 valence electrons. The summed E-state index contributed by atoms with van der Waals surface area (Å²) in [5.41, 5.74) is 3.08. The fourth-order valence-corrected chi connectivity index (χ4v) is 15.4. The monoisotopic (exact) mass is 502 g/mol. The van der Waals surface area contributed by atoms with Gasteiger partial charge in [0.25, 0.3) is 0 Å². The lowest BCUT2D eigenvalue weighted by atomic mass is 9.53. The highest BCUT2D eigenvalue weighted by Gasteiger charge is 2.63. The predicted molar refractivity (Wildman–Crippen MR) is 158 cm³/mol. The Hall–Kier alpha value is -0.823. The first-order valence-corrected chi connectivity index (χ1v) is 19.4. The topological polar surface area (TPSA) is 0 Å². The van der Waals surface area contributed by atoms with Gasteiger partial charge >= 0.3 is 0 Å². The molecule has 0 aromatic heterocycles. The molecule has 6 rings (SSSR count). The average molecular weight is 503 g/mol. The second-order valence-corrected chi connectivity index (χ2v) is 20.1. The third kappa shape index (κ3) is 4.04. The minimum absolute atomic E-state index is 0.353. The molecule has 0 bridgehead atoms. The van der Waals surface area contributed by atoms with Crippen LogP contribution in [0.4, 0.5) is 0 Å². The molecule has 8 unspecified atom stereocenters. The van der Waals surface area contributed by atoms with Gasteiger partial charge in [0.15, 0.2) is 0 Å². The summed E-state index contributed by atoms with van der Waals surface area (Å²) in [5.74, 6) is 7.86. The van der Waals surface area contributed by atoms with Crippen molar-refractivity contribution in [1.29, 1.82) is 0 Å². The molecular weight excluding hydrogens is 448 g/mol. The second-order valence-electron chi connectivity index (χ2n) is 14.9. The molecule has 0 spiro atoms. The number of rotatable bonds is 6. The highest BCUT2D eigenvalue weighted by molar-refractivity contribution is 6.79. The van der Waals surface area contributed by atoms with Crippen molar-refractivity contribution in [3.8, 4) is 0 Å². The Labute approximate surface area is 224 Å². The molecule has 1 heteroatoms. The summed E-state index contributed by atoms with van der Waals surface area (Å²) in [5, 5.41) is 0. The molecule has 0 heterocycles. The molecule has 0 radical (unpaired) electrons. The van der Waals surface area contributed by atoms with E-state index in [0.29, 0.717) is 5.41 Å². The van der Waals surface area contributed by atoms with Crippen molar-refractivity contribution in [2.45, 2.75) is 120 Å². The van der Waals surface area contributed by atoms with E-state index in [4.69, 9.17) is 0 Å². The third-order valence-electron chi connectivity index (χ3n) is 13.2. The molecule has 0 amide bonds. The Morgan fingerprint density at radius 1 is 0.750 bits per heavy atom. The van der Waals surface area contributed by atoms with E-state index in [0.717, 1.165) is 52.9 Å². The largest absolute Gasteiger partial charge is 0.103 e. The minimum Gasteiger partial charge on any atom is -0.103 e. The summed E-state index contributed by atoms with van der Waals surface area (Å²) in [6, 6.07) is 13.5. The fourth-order valence-electron chi connectivity index (χ4n) is 11.9. The molecular formula is C35H54Si. The first-order chi connectivity index (χ1) is 17.5. The Balaban J connectivity index is 1.46. The van der Waals surface area contributed by atoms with Gasteiger partial charge in [0.2, 0.25) is 0 Å². The first kappa shape index (κ1) is 25.5. The lowest BCUT2D eigenvalue weighted by Crippen LogP contribution is -2.47. The molecule has 5 fully saturated rings. The number of hydrogen-bond acceptors (Lipinski definition) is 0. The molecule has 1 aromatic rings. The zero-order valence-corrected chi connectivity index (χ0v) is 24.8. The van der Waals surface area contributed by atoms with Gasteiger partial charge in [-0.2, -0.15) is 0 Å². The van der Waals surface area contributed by atoms with Crippen LogP contribution in [0.1, 0.15) is 96.0 Å². The predicted octanol–water partition coefficient (Wildman–Crippen LogP) is 10.3. The SMILES string of the molecule is C=CC[Si](C)(C)C1CC([C@](C)(c2ccccc2)C2C3CCCCC3C3CCCCC32)C2CCCCC21. The van der Waals surface area contributed by atoms with E-state index in [1.54, 1.807) is 18.4 Å². The zero-order chi connectivity index (χ0) is 24.9. The van der Waals surface area contributed by atoms with Gasteiger partial charge in [-0.25, -0.2) is 0 Å². The van der Waals surface area contributed by atoms with E-state index in [-0.39, 0.29) is 0 Å². The standard InChI is InChI=1S/C35H54Si/c1-5-23-36(3,4)33-24-32(28-19-11-12-20-29(28)33)35(2,25-15-7-6-8-16-25)34-30-21-13-9-17-26(30)27-18-10-14-22-31(27)34/h5-8,15-16,26-34H,1,9-14,17-24H2,2-4H3/t26?,27?,28?,29?,30?,31?,32?,33?,34?,35-/m0/s1. The molecule has 5 saturated carbocycles. The van der Waals surface area contributed by atoms with E-state index in [9.17, 15) is 0 Å². The Bertz CT molecular complexity index is 880. The van der Waals surface area contributed by atoms with Crippen LogP contribution in [0.15, 0.2) is 43.0 Å². The van der Waals surface area contributed by atoms with Gasteiger partial charge < -0.3 is 0 Å². The summed E-state index contributed by atoms with van der Waals surface area (Å²) in [4.78, 5) is 0. The van der Waals surface area contributed by atoms with Crippen molar-refractivity contribution >= 4 is 8.07 Å². The molecule has 5 aliphatic rings. The summed E-state index contributed by atoms with van der Waals surface area (Å²) in [6.45, 7) is 12.5. The van der Waals surface area contributed by atoms with Crippen molar-refractivity contribution < 1.29 is 0 Å². The number of fused-ring (bicyclic) bond motifs is 4. The van der Waals surface area contributed by atoms with E-state index < -0.39 is 8.07 Å². The molecule has 0 saturated heterocycles. The molecule has 1 aromatic carbocycles. The van der Waals surface area contributed by atoms with Crippen LogP contribution in [0.2, 0.25) is 24.7 Å². The van der Waals surface area contributed by atoms with Crippen LogP contribution in [-0.4, -0.2) is 8.07 Å².